The van der Waals surface area contributed by atoms with E-state index in [0.29, 0.717) is 20.8 Å². The van der Waals surface area contributed by atoms with E-state index in [0.717, 1.165) is 16.5 Å². The summed E-state index contributed by atoms with van der Waals surface area (Å²) in [6, 6.07) is 8.52. The summed E-state index contributed by atoms with van der Waals surface area (Å²) >= 11 is 13.5. The monoisotopic (exact) mass is 364 g/mol. The van der Waals surface area contributed by atoms with Crippen LogP contribution in [-0.4, -0.2) is 21.0 Å². The first-order valence-corrected chi connectivity index (χ1v) is 8.34. The molecule has 0 saturated carbocycles. The Hall–Kier alpha value is -1.82. The molecule has 0 amide bonds. The Labute approximate surface area is 146 Å². The molecule has 0 aliphatic heterocycles. The third kappa shape index (κ3) is 3.42. The van der Waals surface area contributed by atoms with Gasteiger partial charge in [-0.25, -0.2) is 9.78 Å². The van der Waals surface area contributed by atoms with Crippen LogP contribution in [0.1, 0.15) is 15.9 Å². The van der Waals surface area contributed by atoms with Crippen molar-refractivity contribution in [1.82, 2.24) is 9.97 Å². The van der Waals surface area contributed by atoms with Gasteiger partial charge in [0, 0.05) is 23.5 Å². The summed E-state index contributed by atoms with van der Waals surface area (Å²) < 4.78 is 0. The van der Waals surface area contributed by atoms with Crippen LogP contribution >= 0.6 is 35.0 Å². The Morgan fingerprint density at radius 2 is 1.91 bits per heavy atom. The van der Waals surface area contributed by atoms with E-state index in [2.05, 4.69) is 9.97 Å². The Morgan fingerprint density at radius 1 is 1.13 bits per heavy atom. The van der Waals surface area contributed by atoms with Gasteiger partial charge in [-0.15, -0.1) is 11.8 Å². The van der Waals surface area contributed by atoms with Crippen LogP contribution in [-0.2, 0) is 5.75 Å². The van der Waals surface area contributed by atoms with Crippen molar-refractivity contribution in [2.24, 2.45) is 0 Å². The minimum Gasteiger partial charge on any atom is -0.478 e. The van der Waals surface area contributed by atoms with Crippen molar-refractivity contribution in [2.75, 3.05) is 0 Å². The van der Waals surface area contributed by atoms with Gasteiger partial charge in [0.15, 0.2) is 0 Å². The first-order valence-electron chi connectivity index (χ1n) is 6.60. The van der Waals surface area contributed by atoms with E-state index < -0.39 is 5.97 Å². The number of hydrogen-bond acceptors (Lipinski definition) is 4. The molecule has 0 unspecified atom stereocenters. The average molecular weight is 365 g/mol. The van der Waals surface area contributed by atoms with Crippen molar-refractivity contribution in [3.05, 3.63) is 63.9 Å². The Kier molecular flexibility index (Phi) is 4.71. The van der Waals surface area contributed by atoms with Gasteiger partial charge in [0.1, 0.15) is 5.03 Å². The van der Waals surface area contributed by atoms with Gasteiger partial charge in [0.2, 0.25) is 0 Å². The highest BCUT2D eigenvalue weighted by atomic mass is 35.5. The average Bonchev–Trinajstić information content (AvgIpc) is 2.54. The molecule has 0 aliphatic carbocycles. The van der Waals surface area contributed by atoms with Gasteiger partial charge in [-0.2, -0.15) is 0 Å². The highest BCUT2D eigenvalue weighted by Gasteiger charge is 2.12. The zero-order valence-corrected chi connectivity index (χ0v) is 14.0. The van der Waals surface area contributed by atoms with Crippen LogP contribution in [0.25, 0.3) is 10.9 Å². The second-order valence-electron chi connectivity index (χ2n) is 4.70. The number of aromatic nitrogens is 2. The van der Waals surface area contributed by atoms with Crippen LogP contribution in [0.15, 0.2) is 47.8 Å². The molecule has 3 rings (SSSR count). The van der Waals surface area contributed by atoms with Gasteiger partial charge in [-0.05, 0) is 35.9 Å². The fraction of sp³-hybridized carbons (Fsp3) is 0.0625. The zero-order valence-electron chi connectivity index (χ0n) is 11.7. The first-order chi connectivity index (χ1) is 11.1. The minimum absolute atomic E-state index is 0.192. The fourth-order valence-corrected chi connectivity index (χ4v) is 3.45. The van der Waals surface area contributed by atoms with Crippen molar-refractivity contribution >= 4 is 51.8 Å². The molecule has 0 fully saturated rings. The van der Waals surface area contributed by atoms with E-state index in [1.165, 1.54) is 11.8 Å². The van der Waals surface area contributed by atoms with Gasteiger partial charge >= 0.3 is 5.97 Å². The molecule has 116 valence electrons. The maximum atomic E-state index is 11.2. The first kappa shape index (κ1) is 16.1. The van der Waals surface area contributed by atoms with E-state index in [1.807, 2.05) is 6.07 Å². The Bertz CT molecular complexity index is 902. The number of pyridine rings is 2. The topological polar surface area (TPSA) is 63.1 Å². The SMILES string of the molecule is O=C(O)c1cccnc1SCc1ccnc2cc(Cl)c(Cl)cc12. The second-order valence-corrected chi connectivity index (χ2v) is 6.48. The molecule has 3 aromatic rings. The number of halogens is 2. The molecule has 0 radical (unpaired) electrons. The molecule has 0 aliphatic rings. The van der Waals surface area contributed by atoms with E-state index >= 15 is 0 Å². The third-order valence-corrected chi connectivity index (χ3v) is 5.02. The highest BCUT2D eigenvalue weighted by molar-refractivity contribution is 7.98. The maximum Gasteiger partial charge on any atom is 0.338 e. The molecule has 0 saturated heterocycles. The predicted octanol–water partition coefficient (Wildman–Crippen LogP) is 4.93. The summed E-state index contributed by atoms with van der Waals surface area (Å²) in [6.45, 7) is 0. The van der Waals surface area contributed by atoms with Crippen molar-refractivity contribution < 1.29 is 9.90 Å². The van der Waals surface area contributed by atoms with Crippen LogP contribution in [0.2, 0.25) is 10.0 Å². The summed E-state index contributed by atoms with van der Waals surface area (Å²) in [4.78, 5) is 19.7. The lowest BCUT2D eigenvalue weighted by atomic mass is 10.1. The summed E-state index contributed by atoms with van der Waals surface area (Å²) in [5.74, 6) is -0.441. The number of carboxylic acids is 1. The van der Waals surface area contributed by atoms with Crippen molar-refractivity contribution in [3.63, 3.8) is 0 Å². The quantitative estimate of drug-likeness (QED) is 0.665. The molecule has 23 heavy (non-hydrogen) atoms. The van der Waals surface area contributed by atoms with Gasteiger partial charge < -0.3 is 5.11 Å². The molecule has 2 aromatic heterocycles. The largest absolute Gasteiger partial charge is 0.478 e. The molecule has 2 heterocycles. The highest BCUT2D eigenvalue weighted by Crippen LogP contribution is 2.31. The zero-order chi connectivity index (χ0) is 16.4. The molecule has 7 heteroatoms. The molecular formula is C16H10Cl2N2O2S. The number of thioether (sulfide) groups is 1. The number of hydrogen-bond donors (Lipinski definition) is 1. The summed E-state index contributed by atoms with van der Waals surface area (Å²) in [7, 11) is 0. The van der Waals surface area contributed by atoms with E-state index in [9.17, 15) is 9.90 Å². The molecule has 0 bridgehead atoms. The molecule has 1 aromatic carbocycles. The summed E-state index contributed by atoms with van der Waals surface area (Å²) in [5.41, 5.74) is 1.93. The lowest BCUT2D eigenvalue weighted by Crippen LogP contribution is -2.00. The predicted molar refractivity (Wildman–Crippen MR) is 92.5 cm³/mol. The molecule has 0 spiro atoms. The van der Waals surface area contributed by atoms with Crippen molar-refractivity contribution in [1.29, 1.82) is 0 Å². The van der Waals surface area contributed by atoms with Crippen LogP contribution < -0.4 is 0 Å². The van der Waals surface area contributed by atoms with E-state index in [1.54, 1.807) is 36.7 Å². The number of nitrogens with zero attached hydrogens (tertiary/aromatic N) is 2. The lowest BCUT2D eigenvalue weighted by Gasteiger charge is -2.08. The van der Waals surface area contributed by atoms with Crippen molar-refractivity contribution in [2.45, 2.75) is 10.8 Å². The smallest absolute Gasteiger partial charge is 0.338 e. The molecule has 0 atom stereocenters. The Balaban J connectivity index is 1.94. The second kappa shape index (κ2) is 6.74. The van der Waals surface area contributed by atoms with Gasteiger partial charge in [-0.3, -0.25) is 4.98 Å². The number of benzene rings is 1. The van der Waals surface area contributed by atoms with Gasteiger partial charge in [0.05, 0.1) is 21.1 Å². The minimum atomic E-state index is -0.991. The maximum absolute atomic E-state index is 11.2. The number of carbonyl (C=O) groups is 1. The lowest BCUT2D eigenvalue weighted by molar-refractivity contribution is 0.0692. The standard InChI is InChI=1S/C16H10Cl2N2O2S/c17-12-6-11-9(3-5-19-14(11)7-13(12)18)8-23-15-10(16(21)22)2-1-4-20-15/h1-7H,8H2,(H,21,22). The number of fused-ring (bicyclic) bond motifs is 1. The Morgan fingerprint density at radius 3 is 2.70 bits per heavy atom. The van der Waals surface area contributed by atoms with Crippen LogP contribution in [0.4, 0.5) is 0 Å². The number of aromatic carboxylic acids is 1. The normalized spacial score (nSPS) is 10.9. The summed E-state index contributed by atoms with van der Waals surface area (Å²) in [5, 5.41) is 11.5. The molecular weight excluding hydrogens is 355 g/mol. The van der Waals surface area contributed by atoms with Crippen LogP contribution in [0.5, 0.6) is 0 Å². The molecule has 1 N–H and O–H groups in total. The van der Waals surface area contributed by atoms with E-state index in [4.69, 9.17) is 23.2 Å². The number of carboxylic acid groups (broad SMARTS) is 1. The van der Waals surface area contributed by atoms with Crippen molar-refractivity contribution in [3.8, 4) is 0 Å². The molecule has 4 nitrogen and oxygen atoms in total. The fourth-order valence-electron chi connectivity index (χ4n) is 2.14. The van der Waals surface area contributed by atoms with E-state index in [-0.39, 0.29) is 5.56 Å². The van der Waals surface area contributed by atoms with Gasteiger partial charge in [0.25, 0.3) is 0 Å². The van der Waals surface area contributed by atoms with Crippen LogP contribution in [0, 0.1) is 0 Å². The number of rotatable bonds is 4. The van der Waals surface area contributed by atoms with Gasteiger partial charge in [-0.1, -0.05) is 23.2 Å². The van der Waals surface area contributed by atoms with Crippen LogP contribution in [0.3, 0.4) is 0 Å². The summed E-state index contributed by atoms with van der Waals surface area (Å²) in [6.07, 6.45) is 3.27. The third-order valence-electron chi connectivity index (χ3n) is 3.24.